The van der Waals surface area contributed by atoms with Crippen molar-refractivity contribution in [2.75, 3.05) is 0 Å². The van der Waals surface area contributed by atoms with E-state index in [1.807, 2.05) is 166 Å². The molecule has 0 rings (SSSR count). The molecule has 0 bridgehead atoms. The first-order chi connectivity index (χ1) is 16.6. The number of nitrogens with zero attached hydrogens (tertiary/aromatic N) is 4. The van der Waals surface area contributed by atoms with Crippen molar-refractivity contribution in [1.29, 1.82) is 0 Å². The Labute approximate surface area is 271 Å². The molecule has 0 heterocycles. The van der Waals surface area contributed by atoms with E-state index >= 15 is 0 Å². The first-order valence-corrected chi connectivity index (χ1v) is 14.9. The summed E-state index contributed by atoms with van der Waals surface area (Å²) in [5.41, 5.74) is 1.60. The van der Waals surface area contributed by atoms with E-state index in [1.165, 1.54) is 0 Å². The van der Waals surface area contributed by atoms with Crippen molar-refractivity contribution in [1.82, 2.24) is 0 Å². The predicted octanol–water partition coefficient (Wildman–Crippen LogP) is 12.4. The van der Waals surface area contributed by atoms with Gasteiger partial charge in [-0.1, -0.05) is 166 Å². The van der Waals surface area contributed by atoms with Crippen LogP contribution in [0.4, 0.5) is 0 Å². The molecule has 0 aromatic carbocycles. The Balaban J connectivity index is -0.000000139. The first-order valence-electron chi connectivity index (χ1n) is 14.9. The molecule has 0 aliphatic rings. The molecule has 0 aromatic heterocycles. The largest absolute Gasteiger partial charge is 4.00 e. The molecule has 0 unspecified atom stereocenters. The zero-order chi connectivity index (χ0) is 34.3. The Morgan fingerprint density at radius 1 is 0.220 bits per heavy atom. The average molecular weight is 612 g/mol. The van der Waals surface area contributed by atoms with Crippen molar-refractivity contribution in [3.8, 4) is 0 Å². The predicted molar refractivity (Wildman–Crippen MR) is 189 cm³/mol. The minimum Gasteiger partial charge on any atom is -0.810 e. The van der Waals surface area contributed by atoms with E-state index in [-0.39, 0.29) is 61.9 Å². The molecule has 0 fully saturated rings. The normalized spacial score (nSPS) is 13.1. The maximum Gasteiger partial charge on any atom is 4.00 e. The minimum absolute atomic E-state index is 0. The molecule has 0 aliphatic heterocycles. The van der Waals surface area contributed by atoms with Gasteiger partial charge < -0.3 is 21.6 Å². The molecule has 41 heavy (non-hydrogen) atoms. The van der Waals surface area contributed by atoms with Crippen LogP contribution in [0.5, 0.6) is 0 Å². The fourth-order valence-corrected chi connectivity index (χ4v) is 4.50. The number of hydrogen-bond donors (Lipinski definition) is 0. The molecule has 1 radical (unpaired) electrons. The number of rotatable bonds is 0. The van der Waals surface area contributed by atoms with Crippen molar-refractivity contribution in [3.63, 3.8) is 0 Å². The van der Waals surface area contributed by atoms with Gasteiger partial charge in [0.2, 0.25) is 0 Å². The number of hydrogen-bond acceptors (Lipinski definition) is 0. The Morgan fingerprint density at radius 2 is 0.268 bits per heavy atom. The van der Waals surface area contributed by atoms with Gasteiger partial charge in [0.1, 0.15) is 0 Å². The van der Waals surface area contributed by atoms with Gasteiger partial charge in [-0.15, -0.1) is 0 Å². The second-order valence-corrected chi connectivity index (χ2v) is 19.4. The molecule has 5 heteroatoms. The van der Waals surface area contributed by atoms with E-state index in [0.717, 1.165) is 0 Å². The Bertz CT molecular complexity index is 614. The summed E-state index contributed by atoms with van der Waals surface area (Å²) in [5, 5.41) is 38.6. The molecule has 0 amide bonds. The van der Waals surface area contributed by atoms with E-state index in [9.17, 15) is 21.6 Å². The maximum atomic E-state index is 9.64. The molecular weight excluding hydrogens is 539 g/mol. The van der Waals surface area contributed by atoms with Crippen molar-refractivity contribution in [2.24, 2.45) is 43.3 Å². The van der Waals surface area contributed by atoms with Crippen LogP contribution in [-0.2, 0) is 18.6 Å². The van der Waals surface area contributed by atoms with E-state index in [2.05, 4.69) is 0 Å². The average Bonchev–Trinajstić information content (AvgIpc) is 2.61. The smallest absolute Gasteiger partial charge is 0.810 e. The summed E-state index contributed by atoms with van der Waals surface area (Å²) in [6.45, 7) is 48.5. The summed E-state index contributed by atoms with van der Waals surface area (Å²) in [4.78, 5) is 0. The summed E-state index contributed by atoms with van der Waals surface area (Å²) < 4.78 is 0. The van der Waals surface area contributed by atoms with Gasteiger partial charge in [-0.05, 0) is 43.3 Å². The Kier molecular flexibility index (Phi) is 19.9. The zero-order valence-electron chi connectivity index (χ0n) is 32.2. The monoisotopic (exact) mass is 612 g/mol. The third kappa shape index (κ3) is 24.4. The molecule has 0 saturated heterocycles. The van der Waals surface area contributed by atoms with Crippen LogP contribution in [0, 0.1) is 43.3 Å². The van der Waals surface area contributed by atoms with Crippen molar-refractivity contribution < 1.29 is 18.6 Å². The summed E-state index contributed by atoms with van der Waals surface area (Å²) in [5.74, 6) is 0. The van der Waals surface area contributed by atoms with Crippen molar-refractivity contribution >= 4 is 22.8 Å². The van der Waals surface area contributed by atoms with Gasteiger partial charge in [0, 0.05) is 0 Å². The molecule has 0 aliphatic carbocycles. The quantitative estimate of drug-likeness (QED) is 0.244. The Morgan fingerprint density at radius 3 is 0.268 bits per heavy atom. The third-order valence-corrected chi connectivity index (χ3v) is 5.68. The maximum absolute atomic E-state index is 9.64. The van der Waals surface area contributed by atoms with Crippen molar-refractivity contribution in [3.05, 3.63) is 21.6 Å². The summed E-state index contributed by atoms with van der Waals surface area (Å²) in [6.07, 6.45) is 0. The summed E-state index contributed by atoms with van der Waals surface area (Å²) in [6, 6.07) is 0. The molecule has 0 N–H and O–H groups in total. The van der Waals surface area contributed by atoms with Gasteiger partial charge in [0.25, 0.3) is 0 Å². The van der Waals surface area contributed by atoms with Crippen LogP contribution in [0.15, 0.2) is 0 Å². The van der Waals surface area contributed by atoms with Gasteiger partial charge in [-0.3, -0.25) is 0 Å². The van der Waals surface area contributed by atoms with Crippen LogP contribution in [0.25, 0.3) is 21.6 Å². The molecule has 241 valence electrons. The zero-order valence-corrected chi connectivity index (χ0v) is 33.6. The van der Waals surface area contributed by atoms with Crippen LogP contribution >= 0.6 is 0 Å². The van der Waals surface area contributed by atoms with E-state index in [1.54, 1.807) is 0 Å². The van der Waals surface area contributed by atoms with Gasteiger partial charge in [0.15, 0.2) is 0 Å². The molecule has 0 spiro atoms. The van der Waals surface area contributed by atoms with Crippen molar-refractivity contribution in [2.45, 2.75) is 166 Å². The topological polar surface area (TPSA) is 89.2 Å². The van der Waals surface area contributed by atoms with Gasteiger partial charge >= 0.3 is 18.6 Å². The van der Waals surface area contributed by atoms with Crippen LogP contribution < -0.4 is 0 Å². The van der Waals surface area contributed by atoms with Crippen LogP contribution in [0.2, 0.25) is 0 Å². The van der Waals surface area contributed by atoms with Crippen LogP contribution in [-0.4, -0.2) is 22.8 Å². The molecule has 4 nitrogen and oxygen atoms in total. The SMILES string of the molecule is CC(C)(C)C(=[N-])C(C)(C)C.CC(C)(C)C(=[N-])C(C)(C)C.CC(C)(C)C(=[N-])C(C)(C)C.CC(C)(C)C(=[N-])C(C)(C)C.[V+4]. The summed E-state index contributed by atoms with van der Waals surface area (Å²) in [7, 11) is 0. The van der Waals surface area contributed by atoms with Gasteiger partial charge in [-0.25, -0.2) is 0 Å². The second kappa shape index (κ2) is 16.4. The van der Waals surface area contributed by atoms with E-state index in [0.29, 0.717) is 22.8 Å². The van der Waals surface area contributed by atoms with E-state index < -0.39 is 0 Å². The fraction of sp³-hybridized carbons (Fsp3) is 0.889. The molecular formula is C36H72N4V. The molecule has 0 atom stereocenters. The molecule has 0 saturated carbocycles. The standard InChI is InChI=1S/4C9H18N.V/c4*1-8(2,3)7(10)9(4,5)6;/h4*1-6H3;/q4*-1;+4. The first kappa shape index (κ1) is 49.9. The van der Waals surface area contributed by atoms with Gasteiger partial charge in [0.05, 0.1) is 0 Å². The fourth-order valence-electron chi connectivity index (χ4n) is 4.50. The Hall–Kier alpha value is -0.736. The molecule has 0 aromatic rings. The van der Waals surface area contributed by atoms with E-state index in [4.69, 9.17) is 0 Å². The third-order valence-electron chi connectivity index (χ3n) is 5.68. The second-order valence-electron chi connectivity index (χ2n) is 19.4. The summed E-state index contributed by atoms with van der Waals surface area (Å²) >= 11 is 0. The minimum atomic E-state index is -0.0851. The van der Waals surface area contributed by atoms with Crippen LogP contribution in [0.3, 0.4) is 0 Å². The van der Waals surface area contributed by atoms with Crippen LogP contribution in [0.1, 0.15) is 166 Å². The van der Waals surface area contributed by atoms with Gasteiger partial charge in [-0.2, -0.15) is 22.8 Å².